The van der Waals surface area contributed by atoms with E-state index in [1.807, 2.05) is 0 Å². The third-order valence-corrected chi connectivity index (χ3v) is 14.5. The number of hydrogen-bond acceptors (Lipinski definition) is 12. The molecule has 5 saturated heterocycles. The summed E-state index contributed by atoms with van der Waals surface area (Å²) in [5.41, 5.74) is 27.3. The average molecular weight is 676 g/mol. The van der Waals surface area contributed by atoms with Crippen molar-refractivity contribution in [2.24, 2.45) is 70.3 Å². The monoisotopic (exact) mass is 675 g/mol. The summed E-state index contributed by atoms with van der Waals surface area (Å²) in [6, 6.07) is -1.07. The molecule has 20 atom stereocenters. The molecule has 0 aromatic carbocycles. The molecule has 4 saturated carbocycles. The van der Waals surface area contributed by atoms with Gasteiger partial charge in [-0.05, 0) is 74.0 Å². The van der Waals surface area contributed by atoms with Crippen molar-refractivity contribution in [3.8, 4) is 0 Å². The molecular formula is C32H60CuN12. The molecule has 8 bridgehead atoms. The van der Waals surface area contributed by atoms with Gasteiger partial charge >= 0.3 is 0 Å². The Balaban J connectivity index is 0.00000300. The normalized spacial score (nSPS) is 58.9. The van der Waals surface area contributed by atoms with Crippen LogP contribution in [0.15, 0.2) is 0 Å². The Labute approximate surface area is 279 Å². The molecule has 9 fully saturated rings. The molecule has 1 radical (unpaired) electrons. The van der Waals surface area contributed by atoms with Crippen LogP contribution in [0.3, 0.4) is 0 Å². The summed E-state index contributed by atoms with van der Waals surface area (Å²) in [6.45, 7) is 0. The van der Waals surface area contributed by atoms with Gasteiger partial charge in [0.15, 0.2) is 0 Å². The Kier molecular flexibility index (Phi) is 9.13. The SMILES string of the molecule is NC1C(N)C(N)C2C3NC4NC(NC5NC(NC6NC(NC(N3)C2C1N)C1CCCCC61)C1CCCCC51)C1CCCCC41.[Cu]. The number of fused-ring (bicyclic) bond motifs is 20. The van der Waals surface area contributed by atoms with Crippen molar-refractivity contribution in [1.29, 1.82) is 0 Å². The van der Waals surface area contributed by atoms with Gasteiger partial charge in [-0.25, -0.2) is 0 Å². The summed E-state index contributed by atoms with van der Waals surface area (Å²) in [5, 5.41) is 33.0. The van der Waals surface area contributed by atoms with Crippen molar-refractivity contribution in [1.82, 2.24) is 42.5 Å². The van der Waals surface area contributed by atoms with E-state index in [0.717, 1.165) is 0 Å². The van der Waals surface area contributed by atoms with Crippen molar-refractivity contribution < 1.29 is 17.1 Å². The first kappa shape index (κ1) is 32.3. The molecule has 4 aliphatic carbocycles. The van der Waals surface area contributed by atoms with Crippen LogP contribution in [-0.4, -0.2) is 73.5 Å². The molecule has 5 heterocycles. The van der Waals surface area contributed by atoms with Crippen molar-refractivity contribution in [3.05, 3.63) is 0 Å². The zero-order valence-electron chi connectivity index (χ0n) is 26.6. The van der Waals surface area contributed by atoms with Gasteiger partial charge in [0.05, 0.1) is 49.3 Å². The maximum absolute atomic E-state index is 6.98. The largest absolute Gasteiger partial charge is 0.326 e. The van der Waals surface area contributed by atoms with E-state index in [1.165, 1.54) is 77.0 Å². The molecule has 259 valence electrons. The van der Waals surface area contributed by atoms with Gasteiger partial charge in [0, 0.05) is 53.1 Å². The summed E-state index contributed by atoms with van der Waals surface area (Å²) in [6.07, 6.45) is 17.4. The van der Waals surface area contributed by atoms with E-state index in [0.29, 0.717) is 60.2 Å². The fraction of sp³-hybridized carbons (Fsp3) is 1.00. The van der Waals surface area contributed by atoms with E-state index in [2.05, 4.69) is 42.5 Å². The number of hydrogen-bond donors (Lipinski definition) is 12. The summed E-state index contributed by atoms with van der Waals surface area (Å²) in [4.78, 5) is 0. The van der Waals surface area contributed by atoms with Crippen LogP contribution in [0.5, 0.6) is 0 Å². The average Bonchev–Trinajstić information content (AvgIpc) is 3.78. The summed E-state index contributed by atoms with van der Waals surface area (Å²) >= 11 is 0. The van der Waals surface area contributed by atoms with Crippen LogP contribution in [0.4, 0.5) is 0 Å². The summed E-state index contributed by atoms with van der Waals surface area (Å²) in [5.74, 6) is 3.98. The van der Waals surface area contributed by atoms with Crippen LogP contribution >= 0.6 is 0 Å². The molecular weight excluding hydrogens is 616 g/mol. The van der Waals surface area contributed by atoms with Gasteiger partial charge in [0.1, 0.15) is 0 Å². The summed E-state index contributed by atoms with van der Waals surface area (Å²) in [7, 11) is 0. The minimum Gasteiger partial charge on any atom is -0.326 e. The molecule has 0 amide bonds. The Hall–Kier alpha value is 0.0395. The standard InChI is InChI=1S/C32H60N12.Cu/c33-21-19-20(22(34)24(36)23(21)35)32-43-30-18-12-6-4-10-16(18)28(41-30)39-26-14-8-2-1-7-13(14)25(37-26)38-27-15-9-3-5-11-17(15)29(40-27)42-31(19)44-32;/h13-32,37-44H,1-12,33-36H2;. The first-order valence-electron chi connectivity index (χ1n) is 18.6. The third kappa shape index (κ3) is 5.31. The molecule has 9 aliphatic rings. The van der Waals surface area contributed by atoms with Crippen LogP contribution in [0.25, 0.3) is 0 Å². The third-order valence-electron chi connectivity index (χ3n) is 14.5. The second kappa shape index (κ2) is 12.7. The van der Waals surface area contributed by atoms with Crippen LogP contribution < -0.4 is 65.5 Å². The molecule has 20 unspecified atom stereocenters. The fourth-order valence-corrected chi connectivity index (χ4v) is 12.3. The van der Waals surface area contributed by atoms with E-state index in [9.17, 15) is 0 Å². The van der Waals surface area contributed by atoms with Crippen LogP contribution in [-0.2, 0) is 17.1 Å². The van der Waals surface area contributed by atoms with Gasteiger partial charge in [0.2, 0.25) is 0 Å². The first-order chi connectivity index (χ1) is 21.5. The van der Waals surface area contributed by atoms with Gasteiger partial charge < -0.3 is 22.9 Å². The van der Waals surface area contributed by atoms with Crippen molar-refractivity contribution >= 4 is 0 Å². The van der Waals surface area contributed by atoms with E-state index in [-0.39, 0.29) is 77.7 Å². The maximum atomic E-state index is 6.98. The Morgan fingerprint density at radius 1 is 0.289 bits per heavy atom. The minimum absolute atomic E-state index is 0. The Bertz CT molecular complexity index is 978. The van der Waals surface area contributed by atoms with Gasteiger partial charge in [0.25, 0.3) is 0 Å². The molecule has 0 aromatic heterocycles. The Morgan fingerprint density at radius 3 is 0.733 bits per heavy atom. The molecule has 9 rings (SSSR count). The molecule has 0 aromatic rings. The van der Waals surface area contributed by atoms with Gasteiger partial charge in [-0.2, -0.15) is 0 Å². The molecule has 13 heteroatoms. The number of nitrogens with one attached hydrogen (secondary N) is 8. The van der Waals surface area contributed by atoms with Crippen molar-refractivity contribution in [2.75, 3.05) is 0 Å². The van der Waals surface area contributed by atoms with Crippen LogP contribution in [0.1, 0.15) is 77.0 Å². The van der Waals surface area contributed by atoms with E-state index >= 15 is 0 Å². The van der Waals surface area contributed by atoms with Crippen molar-refractivity contribution in [2.45, 2.75) is 151 Å². The predicted molar refractivity (Wildman–Crippen MR) is 171 cm³/mol. The zero-order valence-corrected chi connectivity index (χ0v) is 27.6. The molecule has 5 aliphatic heterocycles. The van der Waals surface area contributed by atoms with Crippen molar-refractivity contribution in [3.63, 3.8) is 0 Å². The molecule has 45 heavy (non-hydrogen) atoms. The molecule has 16 N–H and O–H groups in total. The second-order valence-electron chi connectivity index (χ2n) is 16.5. The van der Waals surface area contributed by atoms with E-state index in [4.69, 9.17) is 22.9 Å². The van der Waals surface area contributed by atoms with E-state index < -0.39 is 0 Å². The van der Waals surface area contributed by atoms with Gasteiger partial charge in [-0.15, -0.1) is 0 Å². The predicted octanol–water partition coefficient (Wildman–Crippen LogP) is -1.65. The van der Waals surface area contributed by atoms with Gasteiger partial charge in [-0.1, -0.05) is 38.5 Å². The zero-order chi connectivity index (χ0) is 29.7. The maximum Gasteiger partial charge on any atom is 0.0644 e. The smallest absolute Gasteiger partial charge is 0.0644 e. The quantitative estimate of drug-likeness (QED) is 0.131. The first-order valence-corrected chi connectivity index (χ1v) is 18.6. The molecule has 0 spiro atoms. The fourth-order valence-electron chi connectivity index (χ4n) is 12.3. The Morgan fingerprint density at radius 2 is 0.489 bits per heavy atom. The molecule has 12 nitrogen and oxygen atoms in total. The minimum atomic E-state index is -0.315. The van der Waals surface area contributed by atoms with Crippen LogP contribution in [0, 0.1) is 47.3 Å². The van der Waals surface area contributed by atoms with Crippen LogP contribution in [0.2, 0.25) is 0 Å². The second-order valence-corrected chi connectivity index (χ2v) is 16.5. The topological polar surface area (TPSA) is 200 Å². The number of rotatable bonds is 0. The van der Waals surface area contributed by atoms with Gasteiger partial charge in [-0.3, -0.25) is 42.5 Å². The van der Waals surface area contributed by atoms with E-state index in [1.54, 1.807) is 0 Å². The number of nitrogens with two attached hydrogens (primary N) is 4. The summed E-state index contributed by atoms with van der Waals surface area (Å²) < 4.78 is 0.